The van der Waals surface area contributed by atoms with E-state index in [0.717, 1.165) is 37.4 Å². The highest BCUT2D eigenvalue weighted by Gasteiger charge is 2.16. The Balaban J connectivity index is 1.91. The lowest BCUT2D eigenvalue weighted by molar-refractivity contribution is 0.0679. The van der Waals surface area contributed by atoms with Crippen molar-refractivity contribution in [2.75, 3.05) is 25.6 Å². The second kappa shape index (κ2) is 6.50. The Morgan fingerprint density at radius 2 is 2.06 bits per heavy atom. The first kappa shape index (κ1) is 13.0. The standard InChI is InChI=1S/C14H21NO3/c1-2-5-16-13-7-11(15)8-14(9-13)18-10-12-4-3-6-17-12/h7-9,12H,2-6,10,15H2,1H3. The zero-order valence-corrected chi connectivity index (χ0v) is 10.9. The van der Waals surface area contributed by atoms with Gasteiger partial charge < -0.3 is 19.9 Å². The van der Waals surface area contributed by atoms with Crippen LogP contribution in [-0.2, 0) is 4.74 Å². The summed E-state index contributed by atoms with van der Waals surface area (Å²) in [4.78, 5) is 0. The summed E-state index contributed by atoms with van der Waals surface area (Å²) in [6, 6.07) is 5.50. The largest absolute Gasteiger partial charge is 0.493 e. The molecule has 1 unspecified atom stereocenters. The third kappa shape index (κ3) is 3.81. The fourth-order valence-electron chi connectivity index (χ4n) is 1.95. The Kier molecular flexibility index (Phi) is 4.70. The minimum absolute atomic E-state index is 0.214. The van der Waals surface area contributed by atoms with Crippen LogP contribution in [0.25, 0.3) is 0 Å². The van der Waals surface area contributed by atoms with Gasteiger partial charge in [-0.3, -0.25) is 0 Å². The number of hydrogen-bond acceptors (Lipinski definition) is 4. The minimum atomic E-state index is 0.214. The van der Waals surface area contributed by atoms with Crippen molar-refractivity contribution in [2.45, 2.75) is 32.3 Å². The summed E-state index contributed by atoms with van der Waals surface area (Å²) in [7, 11) is 0. The molecule has 2 rings (SSSR count). The summed E-state index contributed by atoms with van der Waals surface area (Å²) < 4.78 is 16.8. The van der Waals surface area contributed by atoms with Gasteiger partial charge in [0.05, 0.1) is 12.7 Å². The van der Waals surface area contributed by atoms with Crippen molar-refractivity contribution >= 4 is 5.69 Å². The van der Waals surface area contributed by atoms with E-state index in [1.54, 1.807) is 0 Å². The Labute approximate surface area is 108 Å². The summed E-state index contributed by atoms with van der Waals surface area (Å²) in [5.41, 5.74) is 6.48. The third-order valence-corrected chi connectivity index (χ3v) is 2.84. The molecule has 1 aromatic rings. The van der Waals surface area contributed by atoms with Crippen molar-refractivity contribution in [3.05, 3.63) is 18.2 Å². The van der Waals surface area contributed by atoms with Gasteiger partial charge in [0.25, 0.3) is 0 Å². The molecular weight excluding hydrogens is 230 g/mol. The van der Waals surface area contributed by atoms with Crippen LogP contribution >= 0.6 is 0 Å². The number of hydrogen-bond donors (Lipinski definition) is 1. The van der Waals surface area contributed by atoms with Crippen molar-refractivity contribution < 1.29 is 14.2 Å². The van der Waals surface area contributed by atoms with Crippen LogP contribution in [0.2, 0.25) is 0 Å². The Morgan fingerprint density at radius 1 is 1.28 bits per heavy atom. The zero-order valence-electron chi connectivity index (χ0n) is 10.9. The van der Waals surface area contributed by atoms with Crippen LogP contribution in [0.1, 0.15) is 26.2 Å². The smallest absolute Gasteiger partial charge is 0.125 e. The van der Waals surface area contributed by atoms with E-state index in [2.05, 4.69) is 6.92 Å². The van der Waals surface area contributed by atoms with Gasteiger partial charge in [-0.15, -0.1) is 0 Å². The number of anilines is 1. The predicted octanol–water partition coefficient (Wildman–Crippen LogP) is 2.62. The molecule has 100 valence electrons. The molecule has 2 N–H and O–H groups in total. The van der Waals surface area contributed by atoms with Crippen molar-refractivity contribution in [1.82, 2.24) is 0 Å². The quantitative estimate of drug-likeness (QED) is 0.790. The lowest BCUT2D eigenvalue weighted by atomic mass is 10.2. The predicted molar refractivity (Wildman–Crippen MR) is 71.1 cm³/mol. The molecule has 1 aliphatic heterocycles. The normalized spacial score (nSPS) is 18.8. The molecule has 0 aromatic heterocycles. The van der Waals surface area contributed by atoms with E-state index in [0.29, 0.717) is 18.9 Å². The molecule has 0 saturated carbocycles. The SMILES string of the molecule is CCCOc1cc(N)cc(OCC2CCCO2)c1. The number of nitrogens with two attached hydrogens (primary N) is 1. The molecule has 18 heavy (non-hydrogen) atoms. The van der Waals surface area contributed by atoms with Crippen LogP contribution in [0.5, 0.6) is 11.5 Å². The Hall–Kier alpha value is -1.42. The van der Waals surface area contributed by atoms with Crippen LogP contribution in [-0.4, -0.2) is 25.9 Å². The molecule has 4 heteroatoms. The van der Waals surface area contributed by atoms with Crippen LogP contribution in [0.15, 0.2) is 18.2 Å². The summed E-state index contributed by atoms with van der Waals surface area (Å²) in [5, 5.41) is 0. The number of ether oxygens (including phenoxy) is 3. The summed E-state index contributed by atoms with van der Waals surface area (Å²) >= 11 is 0. The van der Waals surface area contributed by atoms with E-state index in [1.165, 1.54) is 0 Å². The molecular formula is C14H21NO3. The highest BCUT2D eigenvalue weighted by atomic mass is 16.5. The van der Waals surface area contributed by atoms with Gasteiger partial charge >= 0.3 is 0 Å². The molecule has 1 aliphatic rings. The zero-order chi connectivity index (χ0) is 12.8. The highest BCUT2D eigenvalue weighted by Crippen LogP contribution is 2.25. The van der Waals surface area contributed by atoms with Gasteiger partial charge in [-0.05, 0) is 19.3 Å². The van der Waals surface area contributed by atoms with Gasteiger partial charge in [-0.25, -0.2) is 0 Å². The van der Waals surface area contributed by atoms with Gasteiger partial charge in [0.1, 0.15) is 18.1 Å². The molecule has 4 nitrogen and oxygen atoms in total. The van der Waals surface area contributed by atoms with Crippen molar-refractivity contribution in [2.24, 2.45) is 0 Å². The van der Waals surface area contributed by atoms with Crippen molar-refractivity contribution in [1.29, 1.82) is 0 Å². The highest BCUT2D eigenvalue weighted by molar-refractivity contribution is 5.50. The van der Waals surface area contributed by atoms with Gasteiger partial charge in [-0.2, -0.15) is 0 Å². The average molecular weight is 251 g/mol. The Bertz CT molecular complexity index is 375. The lowest BCUT2D eigenvalue weighted by Crippen LogP contribution is -2.16. The molecule has 0 aliphatic carbocycles. The minimum Gasteiger partial charge on any atom is -0.493 e. The first-order chi connectivity index (χ1) is 8.78. The average Bonchev–Trinajstić information content (AvgIpc) is 2.86. The number of nitrogen functional groups attached to an aromatic ring is 1. The second-order valence-corrected chi connectivity index (χ2v) is 4.53. The molecule has 1 saturated heterocycles. The van der Waals surface area contributed by atoms with Gasteiger partial charge in [0, 0.05) is 30.5 Å². The molecule has 1 aromatic carbocycles. The van der Waals surface area contributed by atoms with E-state index < -0.39 is 0 Å². The molecule has 0 bridgehead atoms. The fourth-order valence-corrected chi connectivity index (χ4v) is 1.95. The second-order valence-electron chi connectivity index (χ2n) is 4.53. The maximum atomic E-state index is 5.82. The van der Waals surface area contributed by atoms with E-state index in [-0.39, 0.29) is 6.10 Å². The van der Waals surface area contributed by atoms with E-state index in [1.807, 2.05) is 18.2 Å². The van der Waals surface area contributed by atoms with Gasteiger partial charge in [0.15, 0.2) is 0 Å². The molecule has 1 atom stereocenters. The van der Waals surface area contributed by atoms with Crippen molar-refractivity contribution in [3.8, 4) is 11.5 Å². The molecule has 0 spiro atoms. The summed E-state index contributed by atoms with van der Waals surface area (Å²) in [5.74, 6) is 1.51. The molecule has 1 heterocycles. The number of benzene rings is 1. The fraction of sp³-hybridized carbons (Fsp3) is 0.571. The monoisotopic (exact) mass is 251 g/mol. The number of rotatable bonds is 6. The van der Waals surface area contributed by atoms with E-state index >= 15 is 0 Å². The molecule has 1 fully saturated rings. The molecule has 0 amide bonds. The van der Waals surface area contributed by atoms with Crippen LogP contribution in [0.4, 0.5) is 5.69 Å². The molecule has 0 radical (unpaired) electrons. The van der Waals surface area contributed by atoms with Gasteiger partial charge in [-0.1, -0.05) is 6.92 Å². The third-order valence-electron chi connectivity index (χ3n) is 2.84. The summed E-state index contributed by atoms with van der Waals surface area (Å²) in [6.45, 7) is 4.18. The van der Waals surface area contributed by atoms with E-state index in [4.69, 9.17) is 19.9 Å². The maximum absolute atomic E-state index is 5.82. The lowest BCUT2D eigenvalue weighted by Gasteiger charge is -2.13. The Morgan fingerprint density at radius 3 is 2.72 bits per heavy atom. The first-order valence-corrected chi connectivity index (χ1v) is 6.55. The van der Waals surface area contributed by atoms with Crippen LogP contribution in [0.3, 0.4) is 0 Å². The van der Waals surface area contributed by atoms with Crippen molar-refractivity contribution in [3.63, 3.8) is 0 Å². The summed E-state index contributed by atoms with van der Waals surface area (Å²) in [6.07, 6.45) is 3.38. The van der Waals surface area contributed by atoms with Crippen LogP contribution in [0, 0.1) is 0 Å². The first-order valence-electron chi connectivity index (χ1n) is 6.55. The maximum Gasteiger partial charge on any atom is 0.125 e. The van der Waals surface area contributed by atoms with Crippen LogP contribution < -0.4 is 15.2 Å². The van der Waals surface area contributed by atoms with E-state index in [9.17, 15) is 0 Å². The topological polar surface area (TPSA) is 53.7 Å². The van der Waals surface area contributed by atoms with Gasteiger partial charge in [0.2, 0.25) is 0 Å².